The van der Waals surface area contributed by atoms with Crippen molar-refractivity contribution < 1.29 is 0 Å². The minimum Gasteiger partial charge on any atom is -0.323 e. The Kier molecular flexibility index (Phi) is 3.87. The van der Waals surface area contributed by atoms with Gasteiger partial charge >= 0.3 is 0 Å². The minimum absolute atomic E-state index is 0.148. The summed E-state index contributed by atoms with van der Waals surface area (Å²) in [5.74, 6) is 0. The first-order valence-electron chi connectivity index (χ1n) is 5.73. The van der Waals surface area contributed by atoms with Gasteiger partial charge in [0.15, 0.2) is 0 Å². The molecule has 0 fully saturated rings. The van der Waals surface area contributed by atoms with Crippen LogP contribution in [0.1, 0.15) is 29.8 Å². The first kappa shape index (κ1) is 12.6. The molecule has 0 amide bonds. The summed E-state index contributed by atoms with van der Waals surface area (Å²) in [6.07, 6.45) is 0.967. The number of halogens is 1. The molecule has 17 heavy (non-hydrogen) atoms. The SMILES string of the molecule is CCC(N)c1ccc(-c2ccc(C)c(Cl)c2)s1. The van der Waals surface area contributed by atoms with E-state index >= 15 is 0 Å². The molecule has 0 aliphatic heterocycles. The molecule has 0 radical (unpaired) electrons. The van der Waals surface area contributed by atoms with Crippen LogP contribution in [-0.4, -0.2) is 0 Å². The van der Waals surface area contributed by atoms with E-state index in [1.807, 2.05) is 13.0 Å². The molecule has 1 atom stereocenters. The fraction of sp³-hybridized carbons (Fsp3) is 0.286. The van der Waals surface area contributed by atoms with Crippen molar-refractivity contribution >= 4 is 22.9 Å². The van der Waals surface area contributed by atoms with Crippen molar-refractivity contribution in [1.82, 2.24) is 0 Å². The smallest absolute Gasteiger partial charge is 0.0441 e. The maximum Gasteiger partial charge on any atom is 0.0441 e. The van der Waals surface area contributed by atoms with Crippen molar-refractivity contribution in [3.63, 3.8) is 0 Å². The Bertz CT molecular complexity index is 519. The summed E-state index contributed by atoms with van der Waals surface area (Å²) in [5, 5.41) is 0.817. The van der Waals surface area contributed by atoms with E-state index in [4.69, 9.17) is 17.3 Å². The van der Waals surface area contributed by atoms with Crippen molar-refractivity contribution in [3.05, 3.63) is 45.8 Å². The van der Waals surface area contributed by atoms with Gasteiger partial charge in [0, 0.05) is 20.8 Å². The second-order valence-corrected chi connectivity index (χ2v) is 5.70. The van der Waals surface area contributed by atoms with Gasteiger partial charge in [-0.25, -0.2) is 0 Å². The summed E-state index contributed by atoms with van der Waals surface area (Å²) >= 11 is 7.89. The fourth-order valence-electron chi connectivity index (χ4n) is 1.65. The van der Waals surface area contributed by atoms with E-state index in [9.17, 15) is 0 Å². The Morgan fingerprint density at radius 2 is 2.06 bits per heavy atom. The molecule has 2 aromatic rings. The standard InChI is InChI=1S/C14H16ClNS/c1-3-12(16)14-7-6-13(17-14)10-5-4-9(2)11(15)8-10/h4-8,12H,3,16H2,1-2H3. The van der Waals surface area contributed by atoms with Gasteiger partial charge in [0.05, 0.1) is 0 Å². The summed E-state index contributed by atoms with van der Waals surface area (Å²) in [6.45, 7) is 4.12. The van der Waals surface area contributed by atoms with Crippen molar-refractivity contribution in [2.45, 2.75) is 26.3 Å². The van der Waals surface area contributed by atoms with E-state index in [0.29, 0.717) is 0 Å². The van der Waals surface area contributed by atoms with Crippen LogP contribution in [0.15, 0.2) is 30.3 Å². The van der Waals surface area contributed by atoms with E-state index < -0.39 is 0 Å². The summed E-state index contributed by atoms with van der Waals surface area (Å²) in [5.41, 5.74) is 8.30. The molecule has 3 heteroatoms. The Labute approximate surface area is 111 Å². The maximum atomic E-state index is 6.14. The molecule has 0 saturated heterocycles. The van der Waals surface area contributed by atoms with Crippen LogP contribution in [0, 0.1) is 6.92 Å². The molecule has 0 bridgehead atoms. The third-order valence-corrected chi connectivity index (χ3v) is 4.56. The Hall–Kier alpha value is -0.830. The molecular formula is C14H16ClNS. The molecule has 1 aromatic heterocycles. The molecule has 0 spiro atoms. The first-order valence-corrected chi connectivity index (χ1v) is 6.93. The van der Waals surface area contributed by atoms with E-state index in [1.165, 1.54) is 15.3 Å². The fourth-order valence-corrected chi connectivity index (χ4v) is 2.92. The van der Waals surface area contributed by atoms with Crippen LogP contribution in [-0.2, 0) is 0 Å². The maximum absolute atomic E-state index is 6.14. The molecule has 1 unspecified atom stereocenters. The van der Waals surface area contributed by atoms with Gasteiger partial charge in [-0.15, -0.1) is 11.3 Å². The van der Waals surface area contributed by atoms with Gasteiger partial charge in [0.25, 0.3) is 0 Å². The Morgan fingerprint density at radius 3 is 2.71 bits per heavy atom. The molecule has 90 valence electrons. The largest absolute Gasteiger partial charge is 0.323 e. The van der Waals surface area contributed by atoms with Gasteiger partial charge in [0.1, 0.15) is 0 Å². The molecule has 1 heterocycles. The zero-order chi connectivity index (χ0) is 12.4. The van der Waals surface area contributed by atoms with Crippen molar-refractivity contribution in [2.24, 2.45) is 5.73 Å². The third kappa shape index (κ3) is 2.71. The molecule has 2 rings (SSSR count). The lowest BCUT2D eigenvalue weighted by Crippen LogP contribution is -2.05. The van der Waals surface area contributed by atoms with Gasteiger partial charge < -0.3 is 5.73 Å². The van der Waals surface area contributed by atoms with E-state index in [0.717, 1.165) is 17.0 Å². The topological polar surface area (TPSA) is 26.0 Å². The van der Waals surface area contributed by atoms with E-state index in [2.05, 4.69) is 31.2 Å². The number of rotatable bonds is 3. The van der Waals surface area contributed by atoms with Crippen LogP contribution in [0.2, 0.25) is 5.02 Å². The summed E-state index contributed by atoms with van der Waals surface area (Å²) in [4.78, 5) is 2.46. The lowest BCUT2D eigenvalue weighted by atomic mass is 10.1. The molecular weight excluding hydrogens is 250 g/mol. The molecule has 1 nitrogen and oxygen atoms in total. The number of thiophene rings is 1. The lowest BCUT2D eigenvalue weighted by molar-refractivity contribution is 0.712. The van der Waals surface area contributed by atoms with Gasteiger partial charge in [0.2, 0.25) is 0 Å². The zero-order valence-corrected chi connectivity index (χ0v) is 11.6. The highest BCUT2D eigenvalue weighted by molar-refractivity contribution is 7.15. The van der Waals surface area contributed by atoms with Crippen molar-refractivity contribution in [1.29, 1.82) is 0 Å². The average molecular weight is 266 g/mol. The number of aryl methyl sites for hydroxylation is 1. The molecule has 0 aliphatic rings. The average Bonchev–Trinajstić information content (AvgIpc) is 2.81. The molecule has 1 aromatic carbocycles. The van der Waals surface area contributed by atoms with Crippen LogP contribution in [0.5, 0.6) is 0 Å². The van der Waals surface area contributed by atoms with Gasteiger partial charge in [-0.1, -0.05) is 30.7 Å². The van der Waals surface area contributed by atoms with E-state index in [-0.39, 0.29) is 6.04 Å². The van der Waals surface area contributed by atoms with Gasteiger partial charge in [-0.2, -0.15) is 0 Å². The summed E-state index contributed by atoms with van der Waals surface area (Å²) in [6, 6.07) is 10.6. The quantitative estimate of drug-likeness (QED) is 0.849. The van der Waals surface area contributed by atoms with Gasteiger partial charge in [-0.3, -0.25) is 0 Å². The normalized spacial score (nSPS) is 12.7. The highest BCUT2D eigenvalue weighted by Crippen LogP contribution is 2.33. The van der Waals surface area contributed by atoms with Gasteiger partial charge in [-0.05, 0) is 42.7 Å². The number of nitrogens with two attached hydrogens (primary N) is 1. The van der Waals surface area contributed by atoms with Crippen LogP contribution in [0.3, 0.4) is 0 Å². The van der Waals surface area contributed by atoms with Crippen molar-refractivity contribution in [3.8, 4) is 10.4 Å². The second-order valence-electron chi connectivity index (χ2n) is 4.18. The highest BCUT2D eigenvalue weighted by atomic mass is 35.5. The van der Waals surface area contributed by atoms with Crippen LogP contribution >= 0.6 is 22.9 Å². The monoisotopic (exact) mass is 265 g/mol. The molecule has 2 N–H and O–H groups in total. The molecule has 0 aliphatic carbocycles. The van der Waals surface area contributed by atoms with Crippen molar-refractivity contribution in [2.75, 3.05) is 0 Å². The zero-order valence-electron chi connectivity index (χ0n) is 10.0. The summed E-state index contributed by atoms with van der Waals surface area (Å²) < 4.78 is 0. The van der Waals surface area contributed by atoms with Crippen LogP contribution < -0.4 is 5.73 Å². The number of benzene rings is 1. The minimum atomic E-state index is 0.148. The highest BCUT2D eigenvalue weighted by Gasteiger charge is 2.09. The summed E-state index contributed by atoms with van der Waals surface area (Å²) in [7, 11) is 0. The molecule has 0 saturated carbocycles. The van der Waals surface area contributed by atoms with Crippen LogP contribution in [0.25, 0.3) is 10.4 Å². The second kappa shape index (κ2) is 5.21. The van der Waals surface area contributed by atoms with Crippen LogP contribution in [0.4, 0.5) is 0 Å². The lowest BCUT2D eigenvalue weighted by Gasteiger charge is -2.04. The first-order chi connectivity index (χ1) is 8.11. The predicted molar refractivity (Wildman–Crippen MR) is 76.7 cm³/mol. The Morgan fingerprint density at radius 1 is 1.29 bits per heavy atom. The number of hydrogen-bond acceptors (Lipinski definition) is 2. The third-order valence-electron chi connectivity index (χ3n) is 2.89. The Balaban J connectivity index is 2.33. The van der Waals surface area contributed by atoms with E-state index in [1.54, 1.807) is 11.3 Å². The number of hydrogen-bond donors (Lipinski definition) is 1. The predicted octanol–water partition coefficient (Wildman–Crippen LogP) is 4.79.